The molecular weight excluding hydrogens is 222 g/mol. The van der Waals surface area contributed by atoms with Crippen molar-refractivity contribution in [1.29, 1.82) is 0 Å². The van der Waals surface area contributed by atoms with Crippen molar-refractivity contribution in [2.24, 2.45) is 0 Å². The molecule has 1 N–H and O–H groups in total. The second kappa shape index (κ2) is 5.89. The van der Waals surface area contributed by atoms with Crippen LogP contribution in [0.25, 0.3) is 0 Å². The largest absolute Gasteiger partial charge is 0.497 e. The highest BCUT2D eigenvalue weighted by atomic mass is 16.5. The van der Waals surface area contributed by atoms with Crippen LogP contribution in [-0.2, 0) is 16.1 Å². The number of hydrogen-bond acceptors (Lipinski definition) is 4. The Morgan fingerprint density at radius 2 is 1.94 bits per heavy atom. The normalized spacial score (nSPS) is 9.59. The molecule has 1 amide bonds. The number of rotatable bonds is 5. The number of carbonyl (C=O) groups is 2. The molecule has 17 heavy (non-hydrogen) atoms. The first-order valence-corrected chi connectivity index (χ1v) is 5.08. The molecule has 92 valence electrons. The number of benzene rings is 1. The van der Waals surface area contributed by atoms with Crippen LogP contribution in [0.15, 0.2) is 18.2 Å². The van der Waals surface area contributed by atoms with Crippen molar-refractivity contribution < 1.29 is 19.1 Å². The van der Waals surface area contributed by atoms with Crippen LogP contribution in [0, 0.1) is 0 Å². The van der Waals surface area contributed by atoms with Gasteiger partial charge in [0.25, 0.3) is 5.91 Å². The molecule has 0 atom stereocenters. The zero-order chi connectivity index (χ0) is 12.8. The number of amides is 1. The molecule has 0 bridgehead atoms. The second-order valence-corrected chi connectivity index (χ2v) is 3.42. The van der Waals surface area contributed by atoms with Crippen LogP contribution in [-0.4, -0.2) is 25.9 Å². The summed E-state index contributed by atoms with van der Waals surface area (Å²) >= 11 is 0. The molecule has 5 nitrogen and oxygen atoms in total. The maximum absolute atomic E-state index is 11.1. The Bertz CT molecular complexity index is 429. The lowest BCUT2D eigenvalue weighted by molar-refractivity contribution is -0.136. The smallest absolute Gasteiger partial charge is 0.287 e. The molecule has 0 aliphatic carbocycles. The minimum absolute atomic E-state index is 0.242. The predicted molar refractivity (Wildman–Crippen MR) is 62.1 cm³/mol. The molecule has 1 aromatic carbocycles. The summed E-state index contributed by atoms with van der Waals surface area (Å²) in [4.78, 5) is 21.9. The number of nitrogens with one attached hydrogen (secondary N) is 1. The quantitative estimate of drug-likeness (QED) is 0.773. The summed E-state index contributed by atoms with van der Waals surface area (Å²) in [6.07, 6.45) is 0. The Morgan fingerprint density at radius 3 is 2.47 bits per heavy atom. The van der Waals surface area contributed by atoms with Crippen molar-refractivity contribution in [3.63, 3.8) is 0 Å². The van der Waals surface area contributed by atoms with Crippen LogP contribution in [0.4, 0.5) is 0 Å². The zero-order valence-electron chi connectivity index (χ0n) is 10.1. The molecule has 5 heteroatoms. The fraction of sp³-hybridized carbons (Fsp3) is 0.333. The lowest BCUT2D eigenvalue weighted by Crippen LogP contribution is -2.28. The van der Waals surface area contributed by atoms with Gasteiger partial charge in [0.2, 0.25) is 5.78 Å². The molecule has 0 aliphatic heterocycles. The van der Waals surface area contributed by atoms with E-state index < -0.39 is 11.7 Å². The van der Waals surface area contributed by atoms with Gasteiger partial charge in [-0.25, -0.2) is 0 Å². The van der Waals surface area contributed by atoms with Crippen LogP contribution in [0.3, 0.4) is 0 Å². The highest BCUT2D eigenvalue weighted by Gasteiger charge is 2.09. The summed E-state index contributed by atoms with van der Waals surface area (Å²) in [5.74, 6) is 0.150. The average molecular weight is 237 g/mol. The minimum Gasteiger partial charge on any atom is -0.497 e. The van der Waals surface area contributed by atoms with Crippen molar-refractivity contribution in [3.8, 4) is 11.5 Å². The van der Waals surface area contributed by atoms with Crippen molar-refractivity contribution >= 4 is 11.7 Å². The van der Waals surface area contributed by atoms with Crippen LogP contribution >= 0.6 is 0 Å². The van der Waals surface area contributed by atoms with Crippen LogP contribution in [0.2, 0.25) is 0 Å². The predicted octanol–water partition coefficient (Wildman–Crippen LogP) is 0.909. The van der Waals surface area contributed by atoms with Crippen molar-refractivity contribution in [2.75, 3.05) is 14.2 Å². The molecule has 0 saturated carbocycles. The van der Waals surface area contributed by atoms with E-state index in [0.29, 0.717) is 11.5 Å². The number of ketones is 1. The molecular formula is C12H15NO4. The van der Waals surface area contributed by atoms with Gasteiger partial charge in [-0.15, -0.1) is 0 Å². The van der Waals surface area contributed by atoms with Gasteiger partial charge in [-0.1, -0.05) is 0 Å². The van der Waals surface area contributed by atoms with Gasteiger partial charge in [0.1, 0.15) is 11.5 Å². The molecule has 1 aromatic rings. The number of ether oxygens (including phenoxy) is 2. The fourth-order valence-electron chi connectivity index (χ4n) is 1.30. The summed E-state index contributed by atoms with van der Waals surface area (Å²) in [5, 5.41) is 2.50. The summed E-state index contributed by atoms with van der Waals surface area (Å²) in [6.45, 7) is 1.46. The Morgan fingerprint density at radius 1 is 1.24 bits per heavy atom. The summed E-state index contributed by atoms with van der Waals surface area (Å²) in [5.41, 5.74) is 0.780. The third-order valence-corrected chi connectivity index (χ3v) is 2.25. The molecule has 1 rings (SSSR count). The highest BCUT2D eigenvalue weighted by molar-refractivity contribution is 6.35. The maximum Gasteiger partial charge on any atom is 0.287 e. The van der Waals surface area contributed by atoms with Crippen LogP contribution < -0.4 is 14.8 Å². The lowest BCUT2D eigenvalue weighted by Gasteiger charge is -2.10. The fourth-order valence-corrected chi connectivity index (χ4v) is 1.30. The van der Waals surface area contributed by atoms with Gasteiger partial charge in [0.05, 0.1) is 14.2 Å². The topological polar surface area (TPSA) is 64.6 Å². The zero-order valence-corrected chi connectivity index (χ0v) is 10.1. The van der Waals surface area contributed by atoms with E-state index in [1.54, 1.807) is 25.3 Å². The van der Waals surface area contributed by atoms with E-state index in [1.807, 2.05) is 0 Å². The van der Waals surface area contributed by atoms with Crippen molar-refractivity contribution in [2.45, 2.75) is 13.5 Å². The van der Waals surface area contributed by atoms with Gasteiger partial charge in [0.15, 0.2) is 0 Å². The summed E-state index contributed by atoms with van der Waals surface area (Å²) in [6, 6.07) is 5.26. The molecule has 0 saturated heterocycles. The Balaban J connectivity index is 2.77. The van der Waals surface area contributed by atoms with Gasteiger partial charge in [0, 0.05) is 25.1 Å². The molecule has 0 radical (unpaired) electrons. The second-order valence-electron chi connectivity index (χ2n) is 3.42. The number of carbonyl (C=O) groups excluding carboxylic acids is 2. The maximum atomic E-state index is 11.1. The van der Waals surface area contributed by atoms with E-state index in [0.717, 1.165) is 5.56 Å². The Hall–Kier alpha value is -2.04. The third kappa shape index (κ3) is 3.48. The molecule has 0 fully saturated rings. The lowest BCUT2D eigenvalue weighted by atomic mass is 10.2. The molecule has 0 aromatic heterocycles. The van der Waals surface area contributed by atoms with E-state index in [2.05, 4.69) is 5.32 Å². The molecule has 0 unspecified atom stereocenters. The Kier molecular flexibility index (Phi) is 4.51. The first kappa shape index (κ1) is 13.0. The van der Waals surface area contributed by atoms with Crippen LogP contribution in [0.5, 0.6) is 11.5 Å². The first-order chi connectivity index (χ1) is 8.08. The first-order valence-electron chi connectivity index (χ1n) is 5.08. The standard InChI is InChI=1S/C12H15NO4/c1-8(14)12(15)13-7-9-4-5-10(16-2)6-11(9)17-3/h4-6H,7H2,1-3H3,(H,13,15). The van der Waals surface area contributed by atoms with E-state index in [-0.39, 0.29) is 6.54 Å². The van der Waals surface area contributed by atoms with Crippen molar-refractivity contribution in [1.82, 2.24) is 5.32 Å². The van der Waals surface area contributed by atoms with E-state index in [9.17, 15) is 9.59 Å². The minimum atomic E-state index is -0.608. The van der Waals surface area contributed by atoms with Gasteiger partial charge in [-0.05, 0) is 12.1 Å². The van der Waals surface area contributed by atoms with Crippen molar-refractivity contribution in [3.05, 3.63) is 23.8 Å². The van der Waals surface area contributed by atoms with E-state index in [1.165, 1.54) is 14.0 Å². The van der Waals surface area contributed by atoms with E-state index >= 15 is 0 Å². The molecule has 0 spiro atoms. The molecule has 0 heterocycles. The highest BCUT2D eigenvalue weighted by Crippen LogP contribution is 2.24. The summed E-state index contributed by atoms with van der Waals surface area (Å²) in [7, 11) is 3.09. The summed E-state index contributed by atoms with van der Waals surface area (Å²) < 4.78 is 10.2. The van der Waals surface area contributed by atoms with Gasteiger partial charge >= 0.3 is 0 Å². The molecule has 0 aliphatic rings. The average Bonchev–Trinajstić information content (AvgIpc) is 2.35. The number of hydrogen-bond donors (Lipinski definition) is 1. The third-order valence-electron chi connectivity index (χ3n) is 2.25. The van der Waals surface area contributed by atoms with Gasteiger partial charge in [-0.3, -0.25) is 9.59 Å². The SMILES string of the molecule is COc1ccc(CNC(=O)C(C)=O)c(OC)c1. The van der Waals surface area contributed by atoms with E-state index in [4.69, 9.17) is 9.47 Å². The van der Waals surface area contributed by atoms with Gasteiger partial charge in [-0.2, -0.15) is 0 Å². The monoisotopic (exact) mass is 237 g/mol. The van der Waals surface area contributed by atoms with Gasteiger partial charge < -0.3 is 14.8 Å². The Labute approximate surface area is 99.7 Å². The van der Waals surface area contributed by atoms with Crippen LogP contribution in [0.1, 0.15) is 12.5 Å². The number of Topliss-reactive ketones (excluding diaryl/α,β-unsaturated/α-hetero) is 1. The number of methoxy groups -OCH3 is 2.